The molecule has 4 heteroatoms. The zero-order valence-corrected chi connectivity index (χ0v) is 10.3. The zero-order chi connectivity index (χ0) is 12.7. The molecule has 0 amide bonds. The Bertz CT molecular complexity index is 344. The van der Waals surface area contributed by atoms with Crippen LogP contribution in [-0.2, 0) is 4.74 Å². The molecule has 0 aromatic heterocycles. The lowest BCUT2D eigenvalue weighted by Gasteiger charge is -2.18. The molecule has 0 aliphatic heterocycles. The largest absolute Gasteiger partial charge is 0.385 e. The first-order valence-corrected chi connectivity index (χ1v) is 5.86. The minimum atomic E-state index is -0.543. The monoisotopic (exact) mass is 243 g/mol. The first-order valence-electron chi connectivity index (χ1n) is 5.86. The van der Waals surface area contributed by atoms with Crippen molar-refractivity contribution in [2.45, 2.75) is 25.8 Å². The molecule has 0 aliphatic carbocycles. The summed E-state index contributed by atoms with van der Waals surface area (Å²) in [6, 6.07) is 3.63. The number of hydrogen-bond acceptors (Lipinski definition) is 2. The summed E-state index contributed by atoms with van der Waals surface area (Å²) in [5.41, 5.74) is 0.518. The van der Waals surface area contributed by atoms with Crippen LogP contribution in [0.4, 0.5) is 8.78 Å². The van der Waals surface area contributed by atoms with Crippen LogP contribution in [0.2, 0.25) is 0 Å². The minimum absolute atomic E-state index is 0.0873. The molecule has 17 heavy (non-hydrogen) atoms. The lowest BCUT2D eigenvalue weighted by Crippen LogP contribution is -2.22. The van der Waals surface area contributed by atoms with E-state index >= 15 is 0 Å². The van der Waals surface area contributed by atoms with Gasteiger partial charge in [-0.15, -0.1) is 0 Å². The maximum Gasteiger partial charge on any atom is 0.130 e. The Kier molecular flexibility index (Phi) is 6.08. The van der Waals surface area contributed by atoms with Crippen LogP contribution in [0.5, 0.6) is 0 Å². The van der Waals surface area contributed by atoms with Crippen LogP contribution in [0.3, 0.4) is 0 Å². The van der Waals surface area contributed by atoms with Crippen molar-refractivity contribution < 1.29 is 13.5 Å². The summed E-state index contributed by atoms with van der Waals surface area (Å²) < 4.78 is 31.4. The Hall–Kier alpha value is -1.00. The minimum Gasteiger partial charge on any atom is -0.385 e. The molecule has 96 valence electrons. The zero-order valence-electron chi connectivity index (χ0n) is 10.3. The average Bonchev–Trinajstić information content (AvgIpc) is 2.28. The number of halogens is 2. The Balaban J connectivity index is 2.74. The molecule has 1 aromatic carbocycles. The normalized spacial score (nSPS) is 12.7. The van der Waals surface area contributed by atoms with Gasteiger partial charge in [-0.05, 0) is 25.5 Å². The highest BCUT2D eigenvalue weighted by Crippen LogP contribution is 2.22. The second-order valence-corrected chi connectivity index (χ2v) is 3.91. The van der Waals surface area contributed by atoms with Crippen molar-refractivity contribution in [2.24, 2.45) is 0 Å². The number of methoxy groups -OCH3 is 1. The number of rotatable bonds is 7. The first-order chi connectivity index (χ1) is 8.19. The maximum atomic E-state index is 13.6. The Morgan fingerprint density at radius 3 is 2.71 bits per heavy atom. The van der Waals surface area contributed by atoms with Gasteiger partial charge in [-0.3, -0.25) is 0 Å². The highest BCUT2D eigenvalue weighted by molar-refractivity contribution is 5.22. The molecule has 0 bridgehead atoms. The molecule has 0 radical (unpaired) electrons. The van der Waals surface area contributed by atoms with E-state index in [1.165, 1.54) is 12.1 Å². The molecule has 1 aromatic rings. The van der Waals surface area contributed by atoms with E-state index in [9.17, 15) is 8.78 Å². The molecule has 1 atom stereocenters. The van der Waals surface area contributed by atoms with Crippen LogP contribution < -0.4 is 5.32 Å². The lowest BCUT2D eigenvalue weighted by atomic mass is 10.0. The summed E-state index contributed by atoms with van der Waals surface area (Å²) >= 11 is 0. The van der Waals surface area contributed by atoms with Gasteiger partial charge in [0.1, 0.15) is 11.6 Å². The molecule has 0 spiro atoms. The lowest BCUT2D eigenvalue weighted by molar-refractivity contribution is 0.188. The van der Waals surface area contributed by atoms with E-state index < -0.39 is 11.6 Å². The van der Waals surface area contributed by atoms with Crippen molar-refractivity contribution in [3.05, 3.63) is 35.4 Å². The topological polar surface area (TPSA) is 21.3 Å². The third-order valence-electron chi connectivity index (χ3n) is 2.63. The van der Waals surface area contributed by atoms with E-state index in [1.807, 2.05) is 6.92 Å². The Morgan fingerprint density at radius 2 is 2.12 bits per heavy atom. The highest BCUT2D eigenvalue weighted by atomic mass is 19.1. The van der Waals surface area contributed by atoms with Gasteiger partial charge in [0.15, 0.2) is 0 Å². The van der Waals surface area contributed by atoms with Gasteiger partial charge in [0.2, 0.25) is 0 Å². The van der Waals surface area contributed by atoms with Crippen LogP contribution in [0, 0.1) is 11.6 Å². The van der Waals surface area contributed by atoms with Crippen LogP contribution in [0.15, 0.2) is 18.2 Å². The first kappa shape index (κ1) is 14.1. The standard InChI is InChI=1S/C13H19F2NO/c1-3-16-13(5-4-8-17-2)11-7-6-10(14)9-12(11)15/h6-7,9,13,16H,3-5,8H2,1-2H3. The predicted octanol–water partition coefficient (Wildman–Crippen LogP) is 3.04. The Morgan fingerprint density at radius 1 is 1.35 bits per heavy atom. The van der Waals surface area contributed by atoms with Gasteiger partial charge < -0.3 is 10.1 Å². The van der Waals surface area contributed by atoms with Gasteiger partial charge in [0.25, 0.3) is 0 Å². The maximum absolute atomic E-state index is 13.6. The average molecular weight is 243 g/mol. The van der Waals surface area contributed by atoms with Crippen molar-refractivity contribution in [1.29, 1.82) is 0 Å². The van der Waals surface area contributed by atoms with Crippen molar-refractivity contribution in [3.8, 4) is 0 Å². The van der Waals surface area contributed by atoms with Crippen molar-refractivity contribution >= 4 is 0 Å². The summed E-state index contributed by atoms with van der Waals surface area (Å²) in [6.07, 6.45) is 1.61. The third kappa shape index (κ3) is 4.40. The van der Waals surface area contributed by atoms with Crippen LogP contribution >= 0.6 is 0 Å². The number of ether oxygens (including phenoxy) is 1. The molecule has 0 heterocycles. The number of benzene rings is 1. The fraction of sp³-hybridized carbons (Fsp3) is 0.538. The van der Waals surface area contributed by atoms with E-state index in [2.05, 4.69) is 5.32 Å². The van der Waals surface area contributed by atoms with Crippen molar-refractivity contribution in [2.75, 3.05) is 20.3 Å². The Labute approximate surface area is 101 Å². The van der Waals surface area contributed by atoms with Gasteiger partial charge in [0.05, 0.1) is 0 Å². The van der Waals surface area contributed by atoms with Crippen LogP contribution in [-0.4, -0.2) is 20.3 Å². The summed E-state index contributed by atoms with van der Waals surface area (Å²) in [6.45, 7) is 3.35. The van der Waals surface area contributed by atoms with Gasteiger partial charge in [-0.2, -0.15) is 0 Å². The molecule has 1 unspecified atom stereocenters. The van der Waals surface area contributed by atoms with Gasteiger partial charge in [-0.25, -0.2) is 8.78 Å². The number of hydrogen-bond donors (Lipinski definition) is 1. The molecule has 1 rings (SSSR count). The van der Waals surface area contributed by atoms with Crippen LogP contribution in [0.1, 0.15) is 31.4 Å². The second-order valence-electron chi connectivity index (χ2n) is 3.91. The third-order valence-corrected chi connectivity index (χ3v) is 2.63. The molecule has 0 saturated heterocycles. The molecule has 0 aliphatic rings. The molecule has 0 fully saturated rings. The fourth-order valence-corrected chi connectivity index (χ4v) is 1.83. The second kappa shape index (κ2) is 7.35. The van der Waals surface area contributed by atoms with E-state index in [0.29, 0.717) is 12.2 Å². The van der Waals surface area contributed by atoms with E-state index in [0.717, 1.165) is 25.5 Å². The van der Waals surface area contributed by atoms with Crippen molar-refractivity contribution in [3.63, 3.8) is 0 Å². The summed E-state index contributed by atoms with van der Waals surface area (Å²) in [7, 11) is 1.64. The summed E-state index contributed by atoms with van der Waals surface area (Å²) in [5, 5.41) is 3.20. The molecular formula is C13H19F2NO. The highest BCUT2D eigenvalue weighted by Gasteiger charge is 2.14. The SMILES string of the molecule is CCNC(CCCOC)c1ccc(F)cc1F. The fourth-order valence-electron chi connectivity index (χ4n) is 1.83. The number of nitrogens with one attached hydrogen (secondary N) is 1. The van der Waals surface area contributed by atoms with Gasteiger partial charge in [0, 0.05) is 31.4 Å². The summed E-state index contributed by atoms with van der Waals surface area (Å²) in [5.74, 6) is -1.04. The van der Waals surface area contributed by atoms with E-state index in [4.69, 9.17) is 4.74 Å². The smallest absolute Gasteiger partial charge is 0.130 e. The molecule has 1 N–H and O–H groups in total. The van der Waals surface area contributed by atoms with Crippen molar-refractivity contribution in [1.82, 2.24) is 5.32 Å². The van der Waals surface area contributed by atoms with Gasteiger partial charge in [-0.1, -0.05) is 13.0 Å². The molecular weight excluding hydrogens is 224 g/mol. The van der Waals surface area contributed by atoms with E-state index in [-0.39, 0.29) is 6.04 Å². The molecule has 2 nitrogen and oxygen atoms in total. The van der Waals surface area contributed by atoms with E-state index in [1.54, 1.807) is 7.11 Å². The molecule has 0 saturated carbocycles. The van der Waals surface area contributed by atoms with Gasteiger partial charge >= 0.3 is 0 Å². The summed E-state index contributed by atoms with van der Waals surface area (Å²) in [4.78, 5) is 0. The van der Waals surface area contributed by atoms with Crippen LogP contribution in [0.25, 0.3) is 0 Å². The predicted molar refractivity (Wildman–Crippen MR) is 63.9 cm³/mol. The quantitative estimate of drug-likeness (QED) is 0.743.